The van der Waals surface area contributed by atoms with Gasteiger partial charge < -0.3 is 35.4 Å². The summed E-state index contributed by atoms with van der Waals surface area (Å²) >= 11 is 0. The molecular formula is C7H14O7. The van der Waals surface area contributed by atoms with Crippen molar-refractivity contribution in [3.8, 4) is 0 Å². The zero-order valence-corrected chi connectivity index (χ0v) is 7.26. The van der Waals surface area contributed by atoms with Crippen molar-refractivity contribution >= 4 is 6.29 Å². The highest BCUT2D eigenvalue weighted by Crippen LogP contribution is 2.07. The Hall–Kier alpha value is -0.570. The van der Waals surface area contributed by atoms with Gasteiger partial charge in [-0.15, -0.1) is 0 Å². The van der Waals surface area contributed by atoms with Crippen molar-refractivity contribution in [2.24, 2.45) is 0 Å². The maximum atomic E-state index is 10.00. The summed E-state index contributed by atoms with van der Waals surface area (Å²) in [5.74, 6) is 0. The van der Waals surface area contributed by atoms with E-state index in [1.807, 2.05) is 0 Å². The molecule has 0 aliphatic carbocycles. The van der Waals surface area contributed by atoms with E-state index in [0.717, 1.165) is 0 Å². The second kappa shape index (κ2) is 6.02. The highest BCUT2D eigenvalue weighted by molar-refractivity contribution is 5.56. The summed E-state index contributed by atoms with van der Waals surface area (Å²) in [5.41, 5.74) is 0. The maximum Gasteiger partial charge on any atom is 0.151 e. The van der Waals surface area contributed by atoms with E-state index in [1.54, 1.807) is 0 Å². The lowest BCUT2D eigenvalue weighted by molar-refractivity contribution is -0.147. The van der Waals surface area contributed by atoms with Crippen LogP contribution in [-0.4, -0.2) is 74.1 Å². The van der Waals surface area contributed by atoms with Gasteiger partial charge in [-0.05, 0) is 0 Å². The average Bonchev–Trinajstić information content (AvgIpc) is 2.23. The number of carbonyl (C=O) groups is 1. The van der Waals surface area contributed by atoms with Crippen LogP contribution in [0.2, 0.25) is 0 Å². The van der Waals surface area contributed by atoms with Crippen LogP contribution in [0.25, 0.3) is 0 Å². The van der Waals surface area contributed by atoms with E-state index in [-0.39, 0.29) is 6.29 Å². The average molecular weight is 210 g/mol. The van der Waals surface area contributed by atoms with Gasteiger partial charge in [-0.1, -0.05) is 0 Å². The molecule has 84 valence electrons. The summed E-state index contributed by atoms with van der Waals surface area (Å²) in [6.45, 7) is -0.817. The van der Waals surface area contributed by atoms with Crippen molar-refractivity contribution < 1.29 is 35.4 Å². The van der Waals surface area contributed by atoms with E-state index in [2.05, 4.69) is 0 Å². The van der Waals surface area contributed by atoms with Gasteiger partial charge in [-0.3, -0.25) is 0 Å². The minimum absolute atomic E-state index is 0.0219. The third-order valence-corrected chi connectivity index (χ3v) is 1.77. The van der Waals surface area contributed by atoms with Crippen LogP contribution in [0.1, 0.15) is 0 Å². The Morgan fingerprint density at radius 3 is 1.79 bits per heavy atom. The molecule has 7 heteroatoms. The number of aliphatic hydroxyl groups excluding tert-OH is 6. The summed E-state index contributed by atoms with van der Waals surface area (Å²) in [6, 6.07) is 0. The van der Waals surface area contributed by atoms with Crippen molar-refractivity contribution in [2.75, 3.05) is 6.61 Å². The van der Waals surface area contributed by atoms with Gasteiger partial charge in [-0.2, -0.15) is 0 Å². The van der Waals surface area contributed by atoms with Gasteiger partial charge in [0.25, 0.3) is 0 Å². The van der Waals surface area contributed by atoms with Crippen LogP contribution in [0.15, 0.2) is 0 Å². The minimum Gasteiger partial charge on any atom is -0.394 e. The summed E-state index contributed by atoms with van der Waals surface area (Å²) in [7, 11) is 0. The SMILES string of the molecule is O=C[C@H](O)C(O)C(O)C(O)C(O)CO. The van der Waals surface area contributed by atoms with Gasteiger partial charge in [0.2, 0.25) is 0 Å². The first-order chi connectivity index (χ1) is 6.45. The first-order valence-electron chi connectivity index (χ1n) is 3.92. The van der Waals surface area contributed by atoms with Crippen molar-refractivity contribution in [1.82, 2.24) is 0 Å². The molecule has 0 spiro atoms. The van der Waals surface area contributed by atoms with Crippen LogP contribution in [0.3, 0.4) is 0 Å². The van der Waals surface area contributed by atoms with Crippen LogP contribution >= 0.6 is 0 Å². The second-order valence-corrected chi connectivity index (χ2v) is 2.85. The Balaban J connectivity index is 4.29. The fraction of sp³-hybridized carbons (Fsp3) is 0.857. The molecule has 0 aromatic rings. The van der Waals surface area contributed by atoms with Crippen molar-refractivity contribution in [3.05, 3.63) is 0 Å². The molecule has 5 atom stereocenters. The van der Waals surface area contributed by atoms with E-state index in [9.17, 15) is 4.79 Å². The Morgan fingerprint density at radius 1 is 0.929 bits per heavy atom. The highest BCUT2D eigenvalue weighted by Gasteiger charge is 2.33. The molecule has 0 rings (SSSR count). The number of rotatable bonds is 6. The van der Waals surface area contributed by atoms with E-state index in [1.165, 1.54) is 0 Å². The van der Waals surface area contributed by atoms with E-state index in [4.69, 9.17) is 30.6 Å². The molecule has 0 amide bonds. The van der Waals surface area contributed by atoms with Gasteiger partial charge in [0.1, 0.15) is 30.5 Å². The van der Waals surface area contributed by atoms with E-state index < -0.39 is 37.1 Å². The zero-order chi connectivity index (χ0) is 11.3. The minimum atomic E-state index is -1.92. The predicted octanol–water partition coefficient (Wildman–Crippen LogP) is -4.02. The summed E-state index contributed by atoms with van der Waals surface area (Å²) in [6.07, 6.45) is -9.21. The zero-order valence-electron chi connectivity index (χ0n) is 7.26. The van der Waals surface area contributed by atoms with Crippen molar-refractivity contribution in [3.63, 3.8) is 0 Å². The van der Waals surface area contributed by atoms with Crippen LogP contribution in [0.5, 0.6) is 0 Å². The standard InChI is InChI=1S/C7H14O7/c8-1-3(10)5(12)7(14)6(13)4(11)2-9/h1,3-7,9-14H,2H2/t3-,4?,5?,6?,7?/m0/s1. The Kier molecular flexibility index (Phi) is 5.77. The smallest absolute Gasteiger partial charge is 0.151 e. The lowest BCUT2D eigenvalue weighted by atomic mass is 10.0. The van der Waals surface area contributed by atoms with Crippen molar-refractivity contribution in [1.29, 1.82) is 0 Å². The van der Waals surface area contributed by atoms with Crippen LogP contribution in [0.4, 0.5) is 0 Å². The van der Waals surface area contributed by atoms with Gasteiger partial charge in [0, 0.05) is 0 Å². The Labute approximate surface area is 79.9 Å². The molecule has 0 saturated carbocycles. The van der Waals surface area contributed by atoms with E-state index in [0.29, 0.717) is 0 Å². The molecular weight excluding hydrogens is 196 g/mol. The lowest BCUT2D eigenvalue weighted by Crippen LogP contribution is -2.50. The van der Waals surface area contributed by atoms with E-state index >= 15 is 0 Å². The van der Waals surface area contributed by atoms with Gasteiger partial charge in [-0.25, -0.2) is 0 Å². The largest absolute Gasteiger partial charge is 0.394 e. The molecule has 0 heterocycles. The molecule has 0 aromatic carbocycles. The summed E-state index contributed by atoms with van der Waals surface area (Å²) in [4.78, 5) is 10.00. The van der Waals surface area contributed by atoms with Gasteiger partial charge in [0.15, 0.2) is 6.29 Å². The molecule has 0 radical (unpaired) electrons. The second-order valence-electron chi connectivity index (χ2n) is 2.85. The molecule has 14 heavy (non-hydrogen) atoms. The number of hydrogen-bond acceptors (Lipinski definition) is 7. The topological polar surface area (TPSA) is 138 Å². The molecule has 0 saturated heterocycles. The van der Waals surface area contributed by atoms with Crippen LogP contribution < -0.4 is 0 Å². The molecule has 0 bridgehead atoms. The third kappa shape index (κ3) is 3.29. The monoisotopic (exact) mass is 210 g/mol. The lowest BCUT2D eigenvalue weighted by Gasteiger charge is -2.26. The quantitative estimate of drug-likeness (QED) is 0.245. The first kappa shape index (κ1) is 13.4. The third-order valence-electron chi connectivity index (χ3n) is 1.77. The molecule has 0 fully saturated rings. The van der Waals surface area contributed by atoms with Crippen LogP contribution in [0, 0.1) is 0 Å². The highest BCUT2D eigenvalue weighted by atomic mass is 16.4. The fourth-order valence-corrected chi connectivity index (χ4v) is 0.820. The normalized spacial score (nSPS) is 22.1. The molecule has 0 aliphatic rings. The maximum absolute atomic E-state index is 10.00. The summed E-state index contributed by atoms with van der Waals surface area (Å²) in [5, 5.41) is 53.2. The molecule has 0 aromatic heterocycles. The van der Waals surface area contributed by atoms with Crippen LogP contribution in [-0.2, 0) is 4.79 Å². The Morgan fingerprint density at radius 2 is 1.43 bits per heavy atom. The number of carbonyl (C=O) groups excluding carboxylic acids is 1. The van der Waals surface area contributed by atoms with Gasteiger partial charge >= 0.3 is 0 Å². The fourth-order valence-electron chi connectivity index (χ4n) is 0.820. The number of aldehydes is 1. The number of hydrogen-bond donors (Lipinski definition) is 6. The predicted molar refractivity (Wildman–Crippen MR) is 43.2 cm³/mol. The summed E-state index contributed by atoms with van der Waals surface area (Å²) < 4.78 is 0. The molecule has 7 nitrogen and oxygen atoms in total. The molecule has 6 N–H and O–H groups in total. The Bertz CT molecular complexity index is 173. The molecule has 0 aliphatic heterocycles. The number of aliphatic hydroxyl groups is 6. The molecule has 4 unspecified atom stereocenters. The van der Waals surface area contributed by atoms with Gasteiger partial charge in [0.05, 0.1) is 6.61 Å². The first-order valence-corrected chi connectivity index (χ1v) is 3.92. The van der Waals surface area contributed by atoms with Crippen molar-refractivity contribution in [2.45, 2.75) is 30.5 Å².